The number of carboxylic acids is 2. The normalized spacial score (nSPS) is 19.0. The van der Waals surface area contributed by atoms with Crippen LogP contribution >= 0.6 is 0 Å². The standard InChI is InChI=1S/C18H19F8N5O2.C4H6O6/c19-16(20)3-1-12(32)31(8-16)6-9(27)5-13(33)30-4-2-10-11(7-30)28-15(18(24,25)26)29-14(10)17(21,22)23;5-1(3(7)8)2(6)4(9)10/h9H,1-8,27H2;1-2,5-6H,(H,7,8)(H,9,10). The van der Waals surface area contributed by atoms with E-state index in [1.807, 2.05) is 0 Å². The Kier molecular flexibility index (Phi) is 11.0. The summed E-state index contributed by atoms with van der Waals surface area (Å²) in [4.78, 5) is 51.6. The molecule has 0 radical (unpaired) electrons. The monoisotopic (exact) mass is 639 g/mol. The first-order chi connectivity index (χ1) is 19.5. The summed E-state index contributed by atoms with van der Waals surface area (Å²) in [6.07, 6.45) is -16.8. The predicted molar refractivity (Wildman–Crippen MR) is 122 cm³/mol. The lowest BCUT2D eigenvalue weighted by Crippen LogP contribution is -2.51. The quantitative estimate of drug-likeness (QED) is 0.256. The minimum absolute atomic E-state index is 0.253. The number of carbonyl (C=O) groups excluding carboxylic acids is 2. The van der Waals surface area contributed by atoms with Crippen molar-refractivity contribution in [3.63, 3.8) is 0 Å². The molecule has 3 heterocycles. The van der Waals surface area contributed by atoms with Crippen molar-refractivity contribution >= 4 is 23.8 Å². The number of hydrogen-bond acceptors (Lipinski definition) is 9. The van der Waals surface area contributed by atoms with Crippen LogP contribution in [0.4, 0.5) is 35.1 Å². The van der Waals surface area contributed by atoms with Gasteiger partial charge in [0.15, 0.2) is 17.9 Å². The minimum atomic E-state index is -5.23. The zero-order chi connectivity index (χ0) is 33.1. The molecule has 3 atom stereocenters. The van der Waals surface area contributed by atoms with Crippen LogP contribution in [0.3, 0.4) is 0 Å². The number of aliphatic hydroxyl groups is 2. The Hall–Kier alpha value is -3.72. The van der Waals surface area contributed by atoms with Crippen LogP contribution in [0.2, 0.25) is 0 Å². The topological polar surface area (TPSA) is 207 Å². The summed E-state index contributed by atoms with van der Waals surface area (Å²) in [6.45, 7) is -2.07. The summed E-state index contributed by atoms with van der Waals surface area (Å²) >= 11 is 0. The molecule has 2 amide bonds. The molecule has 0 spiro atoms. The molecular formula is C22H25F8N5O8. The molecule has 242 valence electrons. The second kappa shape index (κ2) is 13.3. The summed E-state index contributed by atoms with van der Waals surface area (Å²) in [5, 5.41) is 32.5. The molecule has 43 heavy (non-hydrogen) atoms. The van der Waals surface area contributed by atoms with Crippen molar-refractivity contribution in [2.45, 2.75) is 68.8 Å². The largest absolute Gasteiger partial charge is 0.479 e. The summed E-state index contributed by atoms with van der Waals surface area (Å²) in [5.74, 6) is -9.86. The summed E-state index contributed by atoms with van der Waals surface area (Å²) < 4.78 is 106. The number of aromatic nitrogens is 2. The summed E-state index contributed by atoms with van der Waals surface area (Å²) in [5.41, 5.74) is 3.01. The van der Waals surface area contributed by atoms with Crippen LogP contribution in [-0.4, -0.2) is 108 Å². The zero-order valence-corrected chi connectivity index (χ0v) is 21.7. The first-order valence-corrected chi connectivity index (χ1v) is 12.1. The molecule has 3 unspecified atom stereocenters. The maximum Gasteiger partial charge on any atom is 0.451 e. The molecule has 21 heteroatoms. The molecule has 13 nitrogen and oxygen atoms in total. The number of piperidine rings is 1. The van der Waals surface area contributed by atoms with E-state index in [0.29, 0.717) is 0 Å². The number of likely N-dealkylation sites (tertiary alicyclic amines) is 1. The molecule has 6 N–H and O–H groups in total. The highest BCUT2D eigenvalue weighted by atomic mass is 19.4. The van der Waals surface area contributed by atoms with Crippen molar-refractivity contribution in [1.82, 2.24) is 19.8 Å². The number of carboxylic acid groups (broad SMARTS) is 2. The highest BCUT2D eigenvalue weighted by Crippen LogP contribution is 2.37. The Bertz CT molecular complexity index is 1210. The molecule has 1 saturated heterocycles. The van der Waals surface area contributed by atoms with Gasteiger partial charge in [-0.1, -0.05) is 0 Å². The molecule has 0 aliphatic carbocycles. The van der Waals surface area contributed by atoms with Crippen molar-refractivity contribution in [2.24, 2.45) is 5.73 Å². The number of nitrogens with two attached hydrogens (primary N) is 1. The average Bonchev–Trinajstić information content (AvgIpc) is 2.87. The van der Waals surface area contributed by atoms with E-state index in [0.717, 1.165) is 9.80 Å². The minimum Gasteiger partial charge on any atom is -0.479 e. The number of alkyl halides is 8. The third-order valence-electron chi connectivity index (χ3n) is 6.12. The number of amides is 2. The van der Waals surface area contributed by atoms with Crippen LogP contribution in [0.15, 0.2) is 0 Å². The van der Waals surface area contributed by atoms with Crippen LogP contribution in [0.1, 0.15) is 42.0 Å². The van der Waals surface area contributed by atoms with E-state index in [1.165, 1.54) is 0 Å². The lowest BCUT2D eigenvalue weighted by atomic mass is 10.0. The zero-order valence-electron chi connectivity index (χ0n) is 21.7. The first kappa shape index (κ1) is 35.5. The molecule has 2 aliphatic heterocycles. The van der Waals surface area contributed by atoms with E-state index in [1.54, 1.807) is 0 Å². The van der Waals surface area contributed by atoms with Crippen molar-refractivity contribution in [3.8, 4) is 0 Å². The third kappa shape index (κ3) is 9.64. The third-order valence-corrected chi connectivity index (χ3v) is 6.12. The van der Waals surface area contributed by atoms with Gasteiger partial charge in [-0.05, 0) is 6.42 Å². The van der Waals surface area contributed by atoms with E-state index in [9.17, 15) is 54.3 Å². The van der Waals surface area contributed by atoms with Crippen LogP contribution in [0.25, 0.3) is 0 Å². The van der Waals surface area contributed by atoms with Crippen molar-refractivity contribution in [1.29, 1.82) is 0 Å². The van der Waals surface area contributed by atoms with E-state index >= 15 is 0 Å². The van der Waals surface area contributed by atoms with Gasteiger partial charge in [-0.2, -0.15) is 26.3 Å². The van der Waals surface area contributed by atoms with Gasteiger partial charge in [0, 0.05) is 44.0 Å². The van der Waals surface area contributed by atoms with E-state index in [-0.39, 0.29) is 19.5 Å². The Morgan fingerprint density at radius 3 is 2.00 bits per heavy atom. The fourth-order valence-corrected chi connectivity index (χ4v) is 4.04. The highest BCUT2D eigenvalue weighted by Gasteiger charge is 2.44. The summed E-state index contributed by atoms with van der Waals surface area (Å²) in [6, 6.07) is -1.06. The molecule has 1 aromatic heterocycles. The van der Waals surface area contributed by atoms with Gasteiger partial charge in [0.1, 0.15) is 0 Å². The first-order valence-electron chi connectivity index (χ1n) is 12.1. The second-order valence-electron chi connectivity index (χ2n) is 9.54. The van der Waals surface area contributed by atoms with Gasteiger partial charge in [-0.25, -0.2) is 28.3 Å². The van der Waals surface area contributed by atoms with Gasteiger partial charge in [-0.15, -0.1) is 0 Å². The maximum atomic E-state index is 13.5. The van der Waals surface area contributed by atoms with Crippen LogP contribution in [-0.2, 0) is 44.5 Å². The maximum absolute atomic E-state index is 13.5. The van der Waals surface area contributed by atoms with E-state index in [2.05, 4.69) is 9.97 Å². The summed E-state index contributed by atoms with van der Waals surface area (Å²) in [7, 11) is 0. The molecule has 2 aliphatic rings. The number of rotatable bonds is 7. The average molecular weight is 639 g/mol. The van der Waals surface area contributed by atoms with Crippen molar-refractivity contribution in [3.05, 3.63) is 22.8 Å². The molecule has 0 bridgehead atoms. The number of nitrogens with zero attached hydrogens (tertiary/aromatic N) is 4. The number of carbonyl (C=O) groups is 4. The fraction of sp³-hybridized carbons (Fsp3) is 0.636. The number of aliphatic carboxylic acids is 2. The van der Waals surface area contributed by atoms with Gasteiger partial charge < -0.3 is 36.0 Å². The molecule has 3 rings (SSSR count). The number of halogens is 8. The van der Waals surface area contributed by atoms with Gasteiger partial charge in [0.25, 0.3) is 5.92 Å². The number of aliphatic hydroxyl groups excluding tert-OH is 2. The van der Waals surface area contributed by atoms with Gasteiger partial charge in [0.05, 0.1) is 18.8 Å². The van der Waals surface area contributed by atoms with Crippen LogP contribution in [0.5, 0.6) is 0 Å². The Labute approximate surface area is 235 Å². The smallest absolute Gasteiger partial charge is 0.451 e. The molecule has 0 aromatic carbocycles. The van der Waals surface area contributed by atoms with Gasteiger partial charge in [-0.3, -0.25) is 9.59 Å². The van der Waals surface area contributed by atoms with Gasteiger partial charge >= 0.3 is 24.3 Å². The van der Waals surface area contributed by atoms with E-state index < -0.39 is 115 Å². The lowest BCUT2D eigenvalue weighted by molar-refractivity contribution is -0.165. The second-order valence-corrected chi connectivity index (χ2v) is 9.54. The van der Waals surface area contributed by atoms with Crippen molar-refractivity contribution in [2.75, 3.05) is 19.6 Å². The Morgan fingerprint density at radius 1 is 0.953 bits per heavy atom. The highest BCUT2D eigenvalue weighted by molar-refractivity contribution is 5.83. The molecule has 1 fully saturated rings. The lowest BCUT2D eigenvalue weighted by Gasteiger charge is -2.34. The predicted octanol–water partition coefficient (Wildman–Crippen LogP) is 0.251. The Balaban J connectivity index is 0.000000553. The number of hydrogen-bond donors (Lipinski definition) is 5. The SMILES string of the molecule is NC(CC(=O)N1CCc2c(nc(C(F)(F)F)nc2C(F)(F)F)C1)CN1CC(F)(F)CCC1=O.O=C(O)C(O)C(O)C(=O)O. The molecule has 1 aromatic rings. The molecule has 0 saturated carbocycles. The molecular weight excluding hydrogens is 614 g/mol. The van der Waals surface area contributed by atoms with E-state index in [4.69, 9.17) is 26.2 Å². The number of fused-ring (bicyclic) bond motifs is 1. The van der Waals surface area contributed by atoms with Crippen LogP contribution < -0.4 is 5.73 Å². The Morgan fingerprint density at radius 2 is 1.51 bits per heavy atom. The fourth-order valence-electron chi connectivity index (χ4n) is 4.04. The van der Waals surface area contributed by atoms with Crippen molar-refractivity contribution < 1.29 is 74.7 Å². The van der Waals surface area contributed by atoms with Gasteiger partial charge in [0.2, 0.25) is 17.6 Å². The van der Waals surface area contributed by atoms with Crippen LogP contribution in [0, 0.1) is 0 Å².